The highest BCUT2D eigenvalue weighted by Gasteiger charge is 2.75. The lowest BCUT2D eigenvalue weighted by Gasteiger charge is -2.63. The summed E-state index contributed by atoms with van der Waals surface area (Å²) in [4.78, 5) is 14.8. The van der Waals surface area contributed by atoms with E-state index >= 15 is 0 Å². The number of likely N-dealkylation sites (tertiary alicyclic amines) is 1. The molecule has 1 spiro atoms. The molecule has 1 aromatic rings. The topological polar surface area (TPSA) is 90.2 Å². The van der Waals surface area contributed by atoms with E-state index in [9.17, 15) is 20.1 Å². The number of hydrogen-bond acceptors (Lipinski definition) is 6. The summed E-state index contributed by atoms with van der Waals surface area (Å²) in [7, 11) is 1.96. The molecule has 128 valence electrons. The van der Waals surface area contributed by atoms with Gasteiger partial charge in [-0.1, -0.05) is 12.1 Å². The SMILES string of the molecule is CN1CC[C@]23c4c5ccc(CO)c4OC2C(=O)C[C@@H](O)[C@@]3(O)C1C5. The van der Waals surface area contributed by atoms with Gasteiger partial charge in [0.1, 0.15) is 11.4 Å². The molecule has 0 radical (unpaired) electrons. The lowest BCUT2D eigenvalue weighted by molar-refractivity contribution is -0.226. The number of rotatable bonds is 1. The predicted molar refractivity (Wildman–Crippen MR) is 83.8 cm³/mol. The van der Waals surface area contributed by atoms with E-state index in [2.05, 4.69) is 4.90 Å². The van der Waals surface area contributed by atoms with Crippen molar-refractivity contribution in [3.05, 3.63) is 28.8 Å². The molecule has 2 aliphatic carbocycles. The van der Waals surface area contributed by atoms with E-state index in [1.54, 1.807) is 0 Å². The summed E-state index contributed by atoms with van der Waals surface area (Å²) in [6.07, 6.45) is -0.813. The normalized spacial score (nSPS) is 42.7. The van der Waals surface area contributed by atoms with Crippen LogP contribution in [0.4, 0.5) is 0 Å². The van der Waals surface area contributed by atoms with Gasteiger partial charge in [-0.25, -0.2) is 0 Å². The van der Waals surface area contributed by atoms with Crippen LogP contribution in [-0.2, 0) is 23.2 Å². The molecule has 1 saturated carbocycles. The first-order chi connectivity index (χ1) is 11.4. The average Bonchev–Trinajstić information content (AvgIpc) is 2.91. The molecule has 2 heterocycles. The highest BCUT2D eigenvalue weighted by Crippen LogP contribution is 2.63. The van der Waals surface area contributed by atoms with Gasteiger partial charge < -0.3 is 25.0 Å². The van der Waals surface area contributed by atoms with Gasteiger partial charge in [-0.15, -0.1) is 0 Å². The van der Waals surface area contributed by atoms with Gasteiger partial charge in [0.15, 0.2) is 11.9 Å². The van der Waals surface area contributed by atoms with Crippen molar-refractivity contribution in [2.24, 2.45) is 0 Å². The molecular formula is C18H21NO5. The van der Waals surface area contributed by atoms with Gasteiger partial charge in [0.25, 0.3) is 0 Å². The molecule has 0 aromatic heterocycles. The Morgan fingerprint density at radius 3 is 2.92 bits per heavy atom. The highest BCUT2D eigenvalue weighted by molar-refractivity contribution is 5.90. The number of carbonyl (C=O) groups excluding carboxylic acids is 1. The van der Waals surface area contributed by atoms with E-state index < -0.39 is 23.2 Å². The van der Waals surface area contributed by atoms with E-state index in [-0.39, 0.29) is 24.9 Å². The van der Waals surface area contributed by atoms with Crippen molar-refractivity contribution in [2.45, 2.75) is 55.1 Å². The van der Waals surface area contributed by atoms with Crippen molar-refractivity contribution < 1.29 is 24.9 Å². The third-order valence-corrected chi connectivity index (χ3v) is 6.85. The van der Waals surface area contributed by atoms with Crippen molar-refractivity contribution in [2.75, 3.05) is 13.6 Å². The predicted octanol–water partition coefficient (Wildman–Crippen LogP) is -0.497. The van der Waals surface area contributed by atoms with Gasteiger partial charge >= 0.3 is 0 Å². The zero-order valence-electron chi connectivity index (χ0n) is 13.5. The molecule has 6 heteroatoms. The molecule has 3 N–H and O–H groups in total. The minimum atomic E-state index is -1.41. The lowest BCUT2D eigenvalue weighted by Crippen LogP contribution is -2.80. The summed E-state index contributed by atoms with van der Waals surface area (Å²) < 4.78 is 6.06. The van der Waals surface area contributed by atoms with Gasteiger partial charge in [0, 0.05) is 23.6 Å². The Balaban J connectivity index is 1.87. The molecule has 6 nitrogen and oxygen atoms in total. The first-order valence-electron chi connectivity index (χ1n) is 8.51. The number of Topliss-reactive ketones (excluding diaryl/α,β-unsaturated/α-hetero) is 1. The molecule has 2 unspecified atom stereocenters. The minimum Gasteiger partial charge on any atom is -0.481 e. The van der Waals surface area contributed by atoms with Crippen LogP contribution in [0.3, 0.4) is 0 Å². The quantitative estimate of drug-likeness (QED) is 0.643. The van der Waals surface area contributed by atoms with Crippen molar-refractivity contribution >= 4 is 5.78 Å². The summed E-state index contributed by atoms with van der Waals surface area (Å²) in [5.74, 6) is 0.382. The van der Waals surface area contributed by atoms with Gasteiger partial charge in [-0.2, -0.15) is 0 Å². The molecule has 1 saturated heterocycles. The Kier molecular flexibility index (Phi) is 2.71. The van der Waals surface area contributed by atoms with Crippen molar-refractivity contribution in [1.82, 2.24) is 4.90 Å². The lowest BCUT2D eigenvalue weighted by atomic mass is 9.48. The highest BCUT2D eigenvalue weighted by atomic mass is 16.5. The number of ketones is 1. The zero-order chi connectivity index (χ0) is 16.9. The largest absolute Gasteiger partial charge is 0.481 e. The Hall–Kier alpha value is -1.47. The Labute approximate surface area is 139 Å². The maximum absolute atomic E-state index is 12.7. The van der Waals surface area contributed by atoms with Crippen LogP contribution in [0.2, 0.25) is 0 Å². The van der Waals surface area contributed by atoms with Crippen LogP contribution in [0.25, 0.3) is 0 Å². The van der Waals surface area contributed by atoms with Crippen LogP contribution >= 0.6 is 0 Å². The van der Waals surface area contributed by atoms with Crippen LogP contribution in [0.15, 0.2) is 12.1 Å². The van der Waals surface area contributed by atoms with Crippen LogP contribution in [0.1, 0.15) is 29.5 Å². The van der Waals surface area contributed by atoms with Crippen LogP contribution in [0.5, 0.6) is 5.75 Å². The van der Waals surface area contributed by atoms with E-state index in [0.29, 0.717) is 24.2 Å². The number of aliphatic hydroxyl groups excluding tert-OH is 2. The maximum Gasteiger partial charge on any atom is 0.177 e. The Morgan fingerprint density at radius 2 is 2.17 bits per heavy atom. The molecule has 24 heavy (non-hydrogen) atoms. The van der Waals surface area contributed by atoms with Crippen LogP contribution in [0, 0.1) is 0 Å². The fraction of sp³-hybridized carbons (Fsp3) is 0.611. The number of likely N-dealkylation sites (N-methyl/N-ethyl adjacent to an activating group) is 1. The number of piperidine rings is 1. The van der Waals surface area contributed by atoms with Crippen molar-refractivity contribution in [1.29, 1.82) is 0 Å². The molecule has 0 amide bonds. The first-order valence-corrected chi connectivity index (χ1v) is 8.51. The molecule has 2 bridgehead atoms. The summed E-state index contributed by atoms with van der Waals surface area (Å²) in [5.41, 5.74) is 0.211. The van der Waals surface area contributed by atoms with Gasteiger partial charge in [-0.3, -0.25) is 4.79 Å². The molecule has 5 rings (SSSR count). The van der Waals surface area contributed by atoms with E-state index in [0.717, 1.165) is 17.7 Å². The van der Waals surface area contributed by atoms with Crippen molar-refractivity contribution in [3.8, 4) is 5.75 Å². The number of hydrogen-bond donors (Lipinski definition) is 3. The molecule has 4 aliphatic rings. The Bertz CT molecular complexity index is 764. The van der Waals surface area contributed by atoms with Gasteiger partial charge in [0.2, 0.25) is 0 Å². The number of carbonyl (C=O) groups is 1. The number of benzene rings is 1. The Morgan fingerprint density at radius 1 is 1.38 bits per heavy atom. The molecule has 1 aromatic carbocycles. The summed E-state index contributed by atoms with van der Waals surface area (Å²) in [6, 6.07) is 3.55. The average molecular weight is 331 g/mol. The summed E-state index contributed by atoms with van der Waals surface area (Å²) >= 11 is 0. The van der Waals surface area contributed by atoms with E-state index in [1.807, 2.05) is 19.2 Å². The second kappa shape index (κ2) is 4.38. The fourth-order valence-corrected chi connectivity index (χ4v) is 5.78. The first kappa shape index (κ1) is 14.8. The van der Waals surface area contributed by atoms with Crippen LogP contribution in [-0.4, -0.2) is 63.4 Å². The minimum absolute atomic E-state index is 0.0922. The molecule has 5 atom stereocenters. The third kappa shape index (κ3) is 1.34. The maximum atomic E-state index is 12.7. The smallest absolute Gasteiger partial charge is 0.177 e. The van der Waals surface area contributed by atoms with E-state index in [4.69, 9.17) is 4.74 Å². The number of aliphatic hydroxyl groups is 3. The second-order valence-electron chi connectivity index (χ2n) is 7.68. The third-order valence-electron chi connectivity index (χ3n) is 6.85. The zero-order valence-corrected chi connectivity index (χ0v) is 13.5. The standard InChI is InChI=1S/C18H21NO5/c1-19-5-4-17-14-9-2-3-10(8-20)15(14)24-16(17)11(21)7-13(22)18(17,23)12(19)6-9/h2-3,12-13,16,20,22-23H,4-8H2,1H3/t12?,13-,16?,17+,18+/m1/s1. The van der Waals surface area contributed by atoms with Gasteiger partial charge in [-0.05, 0) is 32.0 Å². The second-order valence-corrected chi connectivity index (χ2v) is 7.68. The fourth-order valence-electron chi connectivity index (χ4n) is 5.78. The van der Waals surface area contributed by atoms with Crippen LogP contribution < -0.4 is 4.74 Å². The molecule has 2 aliphatic heterocycles. The van der Waals surface area contributed by atoms with E-state index in [1.165, 1.54) is 0 Å². The summed E-state index contributed by atoms with van der Waals surface area (Å²) in [6.45, 7) is 0.555. The molecule has 2 fully saturated rings. The van der Waals surface area contributed by atoms with Crippen molar-refractivity contribution in [3.63, 3.8) is 0 Å². The summed E-state index contributed by atoms with van der Waals surface area (Å²) in [5, 5.41) is 32.2. The monoisotopic (exact) mass is 331 g/mol. The number of ether oxygens (including phenoxy) is 1. The van der Waals surface area contributed by atoms with Gasteiger partial charge in [0.05, 0.1) is 18.1 Å². The number of nitrogens with zero attached hydrogens (tertiary/aromatic N) is 1. The molecular weight excluding hydrogens is 310 g/mol.